The van der Waals surface area contributed by atoms with Gasteiger partial charge in [0.2, 0.25) is 0 Å². The second-order valence-corrected chi connectivity index (χ2v) is 4.30. The average Bonchev–Trinajstić information content (AvgIpc) is 2.95. The van der Waals surface area contributed by atoms with Crippen LogP contribution in [0.5, 0.6) is 5.75 Å². The van der Waals surface area contributed by atoms with Crippen LogP contribution in [0.3, 0.4) is 0 Å². The van der Waals surface area contributed by atoms with E-state index < -0.39 is 5.97 Å². The molecule has 0 bridgehead atoms. The van der Waals surface area contributed by atoms with Crippen molar-refractivity contribution in [2.24, 2.45) is 7.05 Å². The van der Waals surface area contributed by atoms with Crippen LogP contribution in [-0.4, -0.2) is 30.9 Å². The van der Waals surface area contributed by atoms with Crippen LogP contribution in [0.2, 0.25) is 0 Å². The van der Waals surface area contributed by atoms with Crippen LogP contribution in [0.25, 0.3) is 22.2 Å². The molecule has 0 spiro atoms. The molecule has 2 aromatic heterocycles. The standard InChI is InChI=1S/C13H11N3O3/c1-16-6-8(7-3-2-4-11(17)12(7)16)9-5-10(13(18)19)15-14-9/h2-6,17H,1H3,(H,14,15)(H,18,19). The van der Waals surface area contributed by atoms with Crippen molar-refractivity contribution in [3.63, 3.8) is 0 Å². The zero-order chi connectivity index (χ0) is 13.6. The van der Waals surface area contributed by atoms with E-state index in [2.05, 4.69) is 10.2 Å². The SMILES string of the molecule is Cn1cc(-c2cc(C(=O)O)[nH]n2)c2cccc(O)c21. The van der Waals surface area contributed by atoms with Crippen molar-refractivity contribution in [3.8, 4) is 17.0 Å². The lowest BCUT2D eigenvalue weighted by molar-refractivity contribution is 0.0690. The Labute approximate surface area is 107 Å². The first kappa shape index (κ1) is 11.3. The Morgan fingerprint density at radius 1 is 1.42 bits per heavy atom. The average molecular weight is 257 g/mol. The topological polar surface area (TPSA) is 91.1 Å². The summed E-state index contributed by atoms with van der Waals surface area (Å²) in [6.07, 6.45) is 1.81. The van der Waals surface area contributed by atoms with Gasteiger partial charge in [-0.3, -0.25) is 5.10 Å². The van der Waals surface area contributed by atoms with Crippen molar-refractivity contribution in [1.29, 1.82) is 0 Å². The summed E-state index contributed by atoms with van der Waals surface area (Å²) >= 11 is 0. The van der Waals surface area contributed by atoms with Crippen molar-refractivity contribution in [1.82, 2.24) is 14.8 Å². The fourth-order valence-corrected chi connectivity index (χ4v) is 2.22. The molecule has 0 unspecified atom stereocenters. The fraction of sp³-hybridized carbons (Fsp3) is 0.0769. The van der Waals surface area contributed by atoms with Gasteiger partial charge in [0.1, 0.15) is 11.4 Å². The van der Waals surface area contributed by atoms with E-state index in [0.717, 1.165) is 10.9 Å². The van der Waals surface area contributed by atoms with E-state index in [1.54, 1.807) is 16.7 Å². The Morgan fingerprint density at radius 2 is 2.21 bits per heavy atom. The molecule has 0 amide bonds. The van der Waals surface area contributed by atoms with Gasteiger partial charge in [0.15, 0.2) is 0 Å². The smallest absolute Gasteiger partial charge is 0.353 e. The van der Waals surface area contributed by atoms with Crippen molar-refractivity contribution in [2.45, 2.75) is 0 Å². The summed E-state index contributed by atoms with van der Waals surface area (Å²) in [6.45, 7) is 0. The number of fused-ring (bicyclic) bond motifs is 1. The van der Waals surface area contributed by atoms with Gasteiger partial charge < -0.3 is 14.8 Å². The molecule has 6 nitrogen and oxygen atoms in total. The van der Waals surface area contributed by atoms with Gasteiger partial charge in [-0.05, 0) is 12.1 Å². The molecular formula is C13H11N3O3. The lowest BCUT2D eigenvalue weighted by Crippen LogP contribution is -1.95. The molecule has 1 aromatic carbocycles. The summed E-state index contributed by atoms with van der Waals surface area (Å²) in [7, 11) is 1.82. The summed E-state index contributed by atoms with van der Waals surface area (Å²) < 4.78 is 1.79. The second kappa shape index (κ2) is 3.88. The normalized spacial score (nSPS) is 11.0. The summed E-state index contributed by atoms with van der Waals surface area (Å²) in [6, 6.07) is 6.69. The van der Waals surface area contributed by atoms with E-state index in [0.29, 0.717) is 11.2 Å². The number of hydrogen-bond donors (Lipinski definition) is 3. The van der Waals surface area contributed by atoms with E-state index in [4.69, 9.17) is 5.11 Å². The number of aromatic carboxylic acids is 1. The lowest BCUT2D eigenvalue weighted by Gasteiger charge is -1.98. The predicted molar refractivity (Wildman–Crippen MR) is 69.1 cm³/mol. The predicted octanol–water partition coefficient (Wildman–Crippen LogP) is 1.97. The first-order valence-electron chi connectivity index (χ1n) is 5.64. The number of aromatic nitrogens is 3. The van der Waals surface area contributed by atoms with Gasteiger partial charge in [0.05, 0.1) is 11.2 Å². The maximum absolute atomic E-state index is 10.9. The van der Waals surface area contributed by atoms with Crippen LogP contribution in [0.1, 0.15) is 10.5 Å². The molecule has 19 heavy (non-hydrogen) atoms. The molecule has 6 heteroatoms. The number of carboxylic acid groups (broad SMARTS) is 1. The number of benzene rings is 1. The zero-order valence-electron chi connectivity index (χ0n) is 10.1. The minimum absolute atomic E-state index is 0.0344. The Balaban J connectivity index is 2.25. The lowest BCUT2D eigenvalue weighted by atomic mass is 10.1. The maximum Gasteiger partial charge on any atom is 0.353 e. The van der Waals surface area contributed by atoms with Gasteiger partial charge >= 0.3 is 5.97 Å². The first-order valence-corrected chi connectivity index (χ1v) is 5.64. The van der Waals surface area contributed by atoms with Gasteiger partial charge in [0.25, 0.3) is 0 Å². The molecule has 0 saturated carbocycles. The van der Waals surface area contributed by atoms with Crippen LogP contribution in [0.4, 0.5) is 0 Å². The fourth-order valence-electron chi connectivity index (χ4n) is 2.22. The Hall–Kier alpha value is -2.76. The van der Waals surface area contributed by atoms with Crippen molar-refractivity contribution >= 4 is 16.9 Å². The highest BCUT2D eigenvalue weighted by Crippen LogP contribution is 2.33. The Kier molecular flexibility index (Phi) is 2.31. The Morgan fingerprint density at radius 3 is 2.89 bits per heavy atom. The highest BCUT2D eigenvalue weighted by Gasteiger charge is 2.15. The molecule has 3 aromatic rings. The minimum Gasteiger partial charge on any atom is -0.506 e. The van der Waals surface area contributed by atoms with Crippen LogP contribution < -0.4 is 0 Å². The minimum atomic E-state index is -1.05. The van der Waals surface area contributed by atoms with Crippen LogP contribution >= 0.6 is 0 Å². The zero-order valence-corrected chi connectivity index (χ0v) is 10.1. The third kappa shape index (κ3) is 1.65. The number of carbonyl (C=O) groups is 1. The number of H-pyrrole nitrogens is 1. The number of rotatable bonds is 2. The number of aromatic amines is 1. The second-order valence-electron chi connectivity index (χ2n) is 4.30. The summed E-state index contributed by atoms with van der Waals surface area (Å²) in [5, 5.41) is 26.0. The third-order valence-electron chi connectivity index (χ3n) is 3.06. The van der Waals surface area contributed by atoms with Crippen LogP contribution in [0, 0.1) is 0 Å². The number of aryl methyl sites for hydroxylation is 1. The van der Waals surface area contributed by atoms with E-state index >= 15 is 0 Å². The molecular weight excluding hydrogens is 246 g/mol. The quantitative estimate of drug-likeness (QED) is 0.654. The monoisotopic (exact) mass is 257 g/mol. The van der Waals surface area contributed by atoms with Crippen molar-refractivity contribution in [2.75, 3.05) is 0 Å². The number of para-hydroxylation sites is 1. The Bertz CT molecular complexity index is 786. The van der Waals surface area contributed by atoms with E-state index in [1.807, 2.05) is 19.3 Å². The first-order chi connectivity index (χ1) is 9.08. The number of nitrogens with one attached hydrogen (secondary N) is 1. The largest absolute Gasteiger partial charge is 0.506 e. The molecule has 0 saturated heterocycles. The molecule has 0 aliphatic heterocycles. The number of aromatic hydroxyl groups is 1. The number of hydrogen-bond acceptors (Lipinski definition) is 3. The molecule has 0 aliphatic rings. The molecule has 3 N–H and O–H groups in total. The summed E-state index contributed by atoms with van der Waals surface area (Å²) in [4.78, 5) is 10.9. The van der Waals surface area contributed by atoms with Gasteiger partial charge in [0, 0.05) is 24.2 Å². The third-order valence-corrected chi connectivity index (χ3v) is 3.06. The van der Waals surface area contributed by atoms with Gasteiger partial charge in [-0.25, -0.2) is 4.79 Å². The molecule has 0 atom stereocenters. The maximum atomic E-state index is 10.9. The number of phenols is 1. The number of nitrogens with zero attached hydrogens (tertiary/aromatic N) is 2. The van der Waals surface area contributed by atoms with Crippen LogP contribution in [0.15, 0.2) is 30.5 Å². The van der Waals surface area contributed by atoms with Gasteiger partial charge in [-0.1, -0.05) is 12.1 Å². The molecule has 0 aliphatic carbocycles. The van der Waals surface area contributed by atoms with E-state index in [9.17, 15) is 9.90 Å². The summed E-state index contributed by atoms with van der Waals surface area (Å²) in [5.41, 5.74) is 2.04. The highest BCUT2D eigenvalue weighted by atomic mass is 16.4. The van der Waals surface area contributed by atoms with E-state index in [1.165, 1.54) is 6.07 Å². The van der Waals surface area contributed by atoms with E-state index in [-0.39, 0.29) is 11.4 Å². The molecule has 0 radical (unpaired) electrons. The van der Waals surface area contributed by atoms with Crippen LogP contribution in [-0.2, 0) is 7.05 Å². The number of carboxylic acids is 1. The molecule has 0 fully saturated rings. The van der Waals surface area contributed by atoms with Gasteiger partial charge in [-0.15, -0.1) is 0 Å². The molecule has 2 heterocycles. The molecule has 96 valence electrons. The highest BCUT2D eigenvalue weighted by molar-refractivity contribution is 5.99. The summed E-state index contributed by atoms with van der Waals surface area (Å²) in [5.74, 6) is -0.873. The van der Waals surface area contributed by atoms with Crippen molar-refractivity contribution < 1.29 is 15.0 Å². The number of phenolic OH excluding ortho intramolecular Hbond substituents is 1. The van der Waals surface area contributed by atoms with Gasteiger partial charge in [-0.2, -0.15) is 5.10 Å². The van der Waals surface area contributed by atoms with Crippen molar-refractivity contribution in [3.05, 3.63) is 36.2 Å². The molecule has 3 rings (SSSR count).